The van der Waals surface area contributed by atoms with Gasteiger partial charge in [-0.3, -0.25) is 87.4 Å². The molecule has 48 heteroatoms. The molecule has 0 aromatic heterocycles. The van der Waals surface area contributed by atoms with Gasteiger partial charge in [-0.15, -0.1) is 0 Å². The third-order valence-electron chi connectivity index (χ3n) is 15.6. The summed E-state index contributed by atoms with van der Waals surface area (Å²) in [4.78, 5) is 105. The van der Waals surface area contributed by atoms with Gasteiger partial charge in [-0.05, 0) is 13.1 Å². The van der Waals surface area contributed by atoms with Crippen LogP contribution < -0.4 is 0 Å². The molecule has 0 aliphatic carbocycles. The van der Waals surface area contributed by atoms with Gasteiger partial charge in [0.1, 0.15) is 46.6 Å². The van der Waals surface area contributed by atoms with E-state index in [1.807, 2.05) is 68.2 Å². The lowest BCUT2D eigenvalue weighted by Gasteiger charge is -2.18. The molecule has 0 rings (SSSR count). The van der Waals surface area contributed by atoms with Crippen molar-refractivity contribution in [1.82, 2.24) is 49.0 Å². The molecular formula is C84H146N22O26. The number of hydrogen-bond acceptors (Lipinski definition) is 47. The van der Waals surface area contributed by atoms with Crippen molar-refractivity contribution in [3.63, 3.8) is 0 Å². The molecule has 0 spiro atoms. The summed E-state index contributed by atoms with van der Waals surface area (Å²) in [7, 11) is 12.1. The van der Waals surface area contributed by atoms with Crippen LogP contribution in [0.3, 0.4) is 0 Å². The minimum atomic E-state index is -0.357. The average Bonchev–Trinajstić information content (AvgIpc) is 0.978. The Balaban J connectivity index is -0.000000157. The van der Waals surface area contributed by atoms with E-state index < -0.39 is 0 Å². The van der Waals surface area contributed by atoms with E-state index in [1.54, 1.807) is 60.0 Å². The van der Waals surface area contributed by atoms with Crippen molar-refractivity contribution in [3.05, 3.63) is 11.4 Å². The Labute approximate surface area is 781 Å². The topological polar surface area (TPSA) is 634 Å². The predicted molar refractivity (Wildman–Crippen MR) is 475 cm³/mol. The van der Waals surface area contributed by atoms with Crippen LogP contribution in [0.25, 0.3) is 4.85 Å². The first-order chi connectivity index (χ1) is 63.7. The summed E-state index contributed by atoms with van der Waals surface area (Å²) in [6.07, 6.45) is 1.70. The smallest absolute Gasteiger partial charge is 0.306 e. The Kier molecular flexibility index (Phi) is 133. The normalized spacial score (nSPS) is 9.68. The largest absolute Gasteiger partial charge is 0.469 e. The number of aliphatic hydroxyl groups excluding tert-OH is 3. The third-order valence-corrected chi connectivity index (χ3v) is 15.6. The van der Waals surface area contributed by atoms with Crippen molar-refractivity contribution in [2.45, 2.75) is 66.7 Å². The van der Waals surface area contributed by atoms with Gasteiger partial charge in [-0.2, -0.15) is 57.9 Å². The first kappa shape index (κ1) is 141. The summed E-state index contributed by atoms with van der Waals surface area (Å²) in [6.45, 7) is 35.8. The number of esters is 6. The highest BCUT2D eigenvalue weighted by Crippen LogP contribution is 2.00. The fourth-order valence-electron chi connectivity index (χ4n) is 8.68. The summed E-state index contributed by atoms with van der Waals surface area (Å²) in [5.74, 6) is -1.94. The van der Waals surface area contributed by atoms with Gasteiger partial charge in [-0.1, -0.05) is 13.8 Å². The van der Waals surface area contributed by atoms with Crippen LogP contribution in [0.2, 0.25) is 0 Å². The van der Waals surface area contributed by atoms with Crippen molar-refractivity contribution in [3.8, 4) is 66.8 Å². The maximum atomic E-state index is 10.9. The van der Waals surface area contributed by atoms with Gasteiger partial charge in [-0.25, -0.2) is 6.57 Å². The first-order valence-corrected chi connectivity index (χ1v) is 41.5. The molecule has 0 atom stereocenters. The number of ether oxygens (including phenoxy) is 15. The lowest BCUT2D eigenvalue weighted by molar-refractivity contribution is -0.143. The summed E-state index contributed by atoms with van der Waals surface area (Å²) in [5, 5.41) is 118. The third kappa shape index (κ3) is 127. The van der Waals surface area contributed by atoms with Crippen molar-refractivity contribution >= 4 is 48.8 Å². The quantitative estimate of drug-likeness (QED) is 0.0128. The number of carbonyl (C=O) groups excluding carboxylic acids is 8. The van der Waals surface area contributed by atoms with E-state index in [0.29, 0.717) is 209 Å². The molecule has 0 saturated carbocycles. The fraction of sp³-hybridized carbons (Fsp3) is 0.762. The Bertz CT molecular complexity index is 3160. The molecule has 0 fully saturated rings. The van der Waals surface area contributed by atoms with Gasteiger partial charge in [0.25, 0.3) is 12.9 Å². The molecule has 132 heavy (non-hydrogen) atoms. The fourth-order valence-corrected chi connectivity index (χ4v) is 8.68. The molecule has 0 heterocycles. The number of hydrogen-bond donors (Lipinski definition) is 3. The zero-order valence-corrected chi connectivity index (χ0v) is 79.8. The van der Waals surface area contributed by atoms with Gasteiger partial charge in [0.2, 0.25) is 6.54 Å². The Hall–Kier alpha value is -11.2. The first-order valence-electron chi connectivity index (χ1n) is 41.5. The van der Waals surface area contributed by atoms with E-state index in [2.05, 4.69) is 65.5 Å². The monoisotopic (exact) mass is 1880 g/mol. The molecule has 0 bridgehead atoms. The number of methoxy groups -OCH3 is 8. The lowest BCUT2D eigenvalue weighted by atomic mass is 10.3. The standard InChI is InChI=1S/C10H16N2O4.C10H20N2O4.C10H16N2O4.C9H12N4.C9H16N2O3.C8H12N2O4.C8H14N2O3.C8H16N2O2.C6H12N2O2.C6H12N2/c1-9(13)16-8-7-12(6-4-11)5-3-10(14)15-2;1-13-9-15-7-5-12(4-3-11)6-8-16-10-14-2;1-9(13)15-7-5-12(4-3-11)6-8-16-10(2)14;1-12-6-9-13(7-2-4-10)8-3-5-11;1-13-8-7-11(6-4-10)5-3-9(12)14-2;9-1-2-10(3-5-13-7-11)4-6-14-8-12;1-13-8(12)2-4-10(5-3-9)6-7-11;1-11-7-5-10(4-3-9)6-8-12-2;7-1-2-8(3-5-9)4-6-10;1-3-8(4-2)6-5-7/h3,5-8H2,1-2H3;4-10H2,1-2H3;4-8H2,1-2H3;2-3,6-9H2;3,5-8H2,1-2H3;7-8H,2-6H2;11H,2,4-7H2,1H3;4-8H2,1-2H3;9-10H,2-6H2;3-4,6H2,1-2H3. The van der Waals surface area contributed by atoms with Gasteiger partial charge in [0.15, 0.2) is 0 Å². The highest BCUT2D eigenvalue weighted by atomic mass is 16.7. The molecule has 0 radical (unpaired) electrons. The molecule has 3 N–H and O–H groups in total. The zero-order valence-electron chi connectivity index (χ0n) is 79.8. The summed E-state index contributed by atoms with van der Waals surface area (Å²) in [6, 6.07) is 22.3. The molecule has 0 aromatic rings. The summed E-state index contributed by atoms with van der Waals surface area (Å²) in [5.41, 5.74) is 0. The van der Waals surface area contributed by atoms with Crippen LogP contribution in [0.1, 0.15) is 66.7 Å². The molecule has 0 amide bonds. The van der Waals surface area contributed by atoms with E-state index in [-0.39, 0.29) is 148 Å². The van der Waals surface area contributed by atoms with Crippen LogP contribution in [-0.2, 0) is 109 Å². The van der Waals surface area contributed by atoms with Crippen LogP contribution in [0.5, 0.6) is 0 Å². The Morgan fingerprint density at radius 1 is 0.303 bits per heavy atom. The molecule has 0 aliphatic heterocycles. The van der Waals surface area contributed by atoms with Gasteiger partial charge in [0.05, 0.1) is 226 Å². The second-order valence-electron chi connectivity index (χ2n) is 25.3. The number of aliphatic hydroxyl groups is 3. The number of rotatable bonds is 68. The molecule has 0 unspecified atom stereocenters. The molecule has 48 nitrogen and oxygen atoms in total. The average molecular weight is 1880 g/mol. The van der Waals surface area contributed by atoms with Crippen molar-refractivity contribution in [2.24, 2.45) is 0 Å². The highest BCUT2D eigenvalue weighted by Gasteiger charge is 2.14. The Morgan fingerprint density at radius 3 is 0.742 bits per heavy atom. The zero-order chi connectivity index (χ0) is 102. The number of nitriles is 11. The van der Waals surface area contributed by atoms with Gasteiger partial charge >= 0.3 is 35.8 Å². The Morgan fingerprint density at radius 2 is 0.538 bits per heavy atom. The highest BCUT2D eigenvalue weighted by molar-refractivity contribution is 5.70. The maximum Gasteiger partial charge on any atom is 0.306 e. The minimum absolute atomic E-state index is 0.0111. The van der Waals surface area contributed by atoms with Crippen LogP contribution in [0.4, 0.5) is 0 Å². The van der Waals surface area contributed by atoms with Gasteiger partial charge < -0.3 is 91.2 Å². The van der Waals surface area contributed by atoms with Crippen LogP contribution in [0.15, 0.2) is 0 Å². The van der Waals surface area contributed by atoms with E-state index in [9.17, 15) is 38.4 Å². The summed E-state index contributed by atoms with van der Waals surface area (Å²) >= 11 is 0. The minimum Gasteiger partial charge on any atom is -0.469 e. The summed E-state index contributed by atoms with van der Waals surface area (Å²) < 4.78 is 71.1. The van der Waals surface area contributed by atoms with E-state index in [1.165, 1.54) is 42.1 Å². The number of carbonyl (C=O) groups is 8. The lowest BCUT2D eigenvalue weighted by Crippen LogP contribution is -2.32. The van der Waals surface area contributed by atoms with Crippen molar-refractivity contribution in [2.75, 3.05) is 359 Å². The molecular weight excluding hydrogens is 1730 g/mol. The van der Waals surface area contributed by atoms with Crippen LogP contribution in [0, 0.1) is 131 Å². The molecule has 748 valence electrons. The van der Waals surface area contributed by atoms with Crippen molar-refractivity contribution < 1.29 is 125 Å². The second-order valence-corrected chi connectivity index (χ2v) is 25.3. The predicted octanol–water partition coefficient (Wildman–Crippen LogP) is -0.736. The molecule has 0 aliphatic rings. The molecule has 0 aromatic carbocycles. The second kappa shape index (κ2) is 124. The maximum absolute atomic E-state index is 10.9. The van der Waals surface area contributed by atoms with Crippen LogP contribution >= 0.6 is 0 Å². The van der Waals surface area contributed by atoms with Gasteiger partial charge in [0, 0.05) is 187 Å². The number of nitrogens with zero attached hydrogens (tertiary/aromatic N) is 22. The van der Waals surface area contributed by atoms with E-state index in [4.69, 9.17) is 127 Å². The van der Waals surface area contributed by atoms with Crippen molar-refractivity contribution in [1.29, 1.82) is 57.9 Å². The SMILES string of the molecule is CC(=O)OCCN(CC#N)CCOC(C)=O.CCN(CC)CC#N.COC(=O)CCN(CC#N)CCO.COC(=O)CCN(CC#N)CCOC(C)=O.COCCN(CC#N)CCC(=O)OC.COCCN(CC#N)CCOC.COCOCCN(CC#N)CCOCOC.N#CCN(CCO)CCO.N#CCN(CCOC=O)CCOC=O.[C-]#[N+]CCN(CCC#N)CCC#N. The molecule has 0 saturated heterocycles. The van der Waals surface area contributed by atoms with Crippen LogP contribution in [-0.4, -0.2) is 472 Å². The van der Waals surface area contributed by atoms with E-state index in [0.717, 1.165) is 26.2 Å². The van der Waals surface area contributed by atoms with E-state index >= 15 is 0 Å².